The van der Waals surface area contributed by atoms with Gasteiger partial charge in [0.25, 0.3) is 0 Å². The van der Waals surface area contributed by atoms with E-state index in [1.54, 1.807) is 0 Å². The molecule has 1 nitrogen and oxygen atoms in total. The number of alkyl halides is 1. The SMILES string of the molecule is O=C(CBr)C(S)c1ccccc1. The molecule has 0 saturated carbocycles. The number of carbonyl (C=O) groups excluding carboxylic acids is 1. The lowest BCUT2D eigenvalue weighted by Crippen LogP contribution is -2.07. The van der Waals surface area contributed by atoms with E-state index in [0.29, 0.717) is 5.33 Å². The molecule has 1 aromatic rings. The van der Waals surface area contributed by atoms with Gasteiger partial charge in [0.1, 0.15) is 0 Å². The zero-order valence-corrected chi connectivity index (χ0v) is 8.89. The summed E-state index contributed by atoms with van der Waals surface area (Å²) in [6.07, 6.45) is 0. The van der Waals surface area contributed by atoms with E-state index in [9.17, 15) is 4.79 Å². The van der Waals surface area contributed by atoms with E-state index in [1.807, 2.05) is 30.3 Å². The number of benzene rings is 1. The Morgan fingerprint density at radius 3 is 2.50 bits per heavy atom. The van der Waals surface area contributed by atoms with Crippen LogP contribution in [0.25, 0.3) is 0 Å². The van der Waals surface area contributed by atoms with E-state index in [-0.39, 0.29) is 11.0 Å². The normalized spacial score (nSPS) is 12.5. The molecule has 0 radical (unpaired) electrons. The van der Waals surface area contributed by atoms with Crippen molar-refractivity contribution < 1.29 is 4.79 Å². The third kappa shape index (κ3) is 2.35. The average molecular weight is 245 g/mol. The van der Waals surface area contributed by atoms with Gasteiger partial charge in [-0.3, -0.25) is 4.79 Å². The Balaban J connectivity index is 2.78. The Bertz CT molecular complexity index is 260. The molecule has 64 valence electrons. The number of thiol groups is 1. The highest BCUT2D eigenvalue weighted by Crippen LogP contribution is 2.20. The Morgan fingerprint density at radius 1 is 1.42 bits per heavy atom. The number of hydrogen-bond donors (Lipinski definition) is 1. The summed E-state index contributed by atoms with van der Waals surface area (Å²) in [4.78, 5) is 11.2. The monoisotopic (exact) mass is 244 g/mol. The Kier molecular flexibility index (Phi) is 3.82. The Morgan fingerprint density at radius 2 is 2.00 bits per heavy atom. The summed E-state index contributed by atoms with van der Waals surface area (Å²) in [7, 11) is 0. The minimum absolute atomic E-state index is 0.0875. The summed E-state index contributed by atoms with van der Waals surface area (Å²) in [5, 5.41) is 0.0568. The van der Waals surface area contributed by atoms with Crippen molar-refractivity contribution in [3.05, 3.63) is 35.9 Å². The van der Waals surface area contributed by atoms with E-state index in [0.717, 1.165) is 5.56 Å². The van der Waals surface area contributed by atoms with Crippen LogP contribution < -0.4 is 0 Å². The van der Waals surface area contributed by atoms with Crippen LogP contribution in [0.15, 0.2) is 30.3 Å². The zero-order chi connectivity index (χ0) is 8.97. The van der Waals surface area contributed by atoms with E-state index < -0.39 is 0 Å². The van der Waals surface area contributed by atoms with E-state index >= 15 is 0 Å². The topological polar surface area (TPSA) is 17.1 Å². The molecule has 0 heterocycles. The van der Waals surface area contributed by atoms with Crippen molar-refractivity contribution in [1.82, 2.24) is 0 Å². The van der Waals surface area contributed by atoms with Crippen LogP contribution in [0.2, 0.25) is 0 Å². The predicted octanol–water partition coefficient (Wildman–Crippen LogP) is 2.62. The van der Waals surface area contributed by atoms with Gasteiger partial charge < -0.3 is 0 Å². The molecular formula is C9H9BrOS. The molecule has 0 N–H and O–H groups in total. The van der Waals surface area contributed by atoms with Crippen molar-refractivity contribution in [2.75, 3.05) is 5.33 Å². The fraction of sp³-hybridized carbons (Fsp3) is 0.222. The molecule has 1 atom stereocenters. The van der Waals surface area contributed by atoms with Gasteiger partial charge in [-0.05, 0) is 5.56 Å². The Labute approximate surface area is 85.7 Å². The van der Waals surface area contributed by atoms with Gasteiger partial charge in [0.2, 0.25) is 0 Å². The molecule has 0 bridgehead atoms. The molecule has 0 spiro atoms. The van der Waals surface area contributed by atoms with Gasteiger partial charge in [-0.25, -0.2) is 0 Å². The number of rotatable bonds is 3. The maximum absolute atomic E-state index is 11.2. The van der Waals surface area contributed by atoms with Crippen LogP contribution in [0.3, 0.4) is 0 Å². The molecule has 0 aliphatic carbocycles. The van der Waals surface area contributed by atoms with Crippen LogP contribution in [0, 0.1) is 0 Å². The lowest BCUT2D eigenvalue weighted by Gasteiger charge is -2.06. The van der Waals surface area contributed by atoms with Crippen LogP contribution in [-0.4, -0.2) is 11.1 Å². The van der Waals surface area contributed by atoms with Gasteiger partial charge in [0, 0.05) is 0 Å². The Hall–Kier alpha value is -0.280. The largest absolute Gasteiger partial charge is 0.297 e. The van der Waals surface area contributed by atoms with Crippen molar-refractivity contribution in [1.29, 1.82) is 0 Å². The summed E-state index contributed by atoms with van der Waals surface area (Å²) < 4.78 is 0. The molecule has 0 aromatic heterocycles. The lowest BCUT2D eigenvalue weighted by atomic mass is 10.1. The maximum Gasteiger partial charge on any atom is 0.160 e. The summed E-state index contributed by atoms with van der Waals surface area (Å²) in [6.45, 7) is 0. The van der Waals surface area contributed by atoms with Gasteiger partial charge in [0.05, 0.1) is 10.6 Å². The van der Waals surface area contributed by atoms with Crippen LogP contribution >= 0.6 is 28.6 Å². The van der Waals surface area contributed by atoms with Crippen molar-refractivity contribution >= 4 is 34.3 Å². The van der Waals surface area contributed by atoms with Gasteiger partial charge >= 0.3 is 0 Å². The average Bonchev–Trinajstić information content (AvgIpc) is 2.17. The standard InChI is InChI=1S/C9H9BrOS/c10-6-8(11)9(12)7-4-2-1-3-5-7/h1-5,9,12H,6H2. The van der Waals surface area contributed by atoms with Gasteiger partial charge in [-0.15, -0.1) is 0 Å². The fourth-order valence-electron chi connectivity index (χ4n) is 0.894. The number of hydrogen-bond acceptors (Lipinski definition) is 2. The quantitative estimate of drug-likeness (QED) is 0.639. The first kappa shape index (κ1) is 9.81. The molecule has 0 aliphatic rings. The number of ketones is 1. The first-order valence-electron chi connectivity index (χ1n) is 3.57. The van der Waals surface area contributed by atoms with E-state index in [4.69, 9.17) is 0 Å². The number of carbonyl (C=O) groups is 1. The third-order valence-corrected chi connectivity index (χ3v) is 2.69. The third-order valence-electron chi connectivity index (χ3n) is 1.55. The van der Waals surface area contributed by atoms with Crippen LogP contribution in [0.5, 0.6) is 0 Å². The van der Waals surface area contributed by atoms with Crippen LogP contribution in [0.4, 0.5) is 0 Å². The number of halogens is 1. The molecule has 0 aliphatic heterocycles. The lowest BCUT2D eigenvalue weighted by molar-refractivity contribution is -0.116. The molecule has 12 heavy (non-hydrogen) atoms. The van der Waals surface area contributed by atoms with E-state index in [1.165, 1.54) is 0 Å². The minimum atomic E-state index is -0.300. The highest BCUT2D eigenvalue weighted by molar-refractivity contribution is 9.09. The maximum atomic E-state index is 11.2. The second-order valence-electron chi connectivity index (χ2n) is 2.41. The van der Waals surface area contributed by atoms with Crippen molar-refractivity contribution in [2.45, 2.75) is 5.25 Å². The van der Waals surface area contributed by atoms with E-state index in [2.05, 4.69) is 28.6 Å². The second-order valence-corrected chi connectivity index (χ2v) is 3.49. The first-order valence-corrected chi connectivity index (χ1v) is 5.21. The summed E-state index contributed by atoms with van der Waals surface area (Å²) in [5.74, 6) is 0.0875. The molecule has 0 fully saturated rings. The molecule has 1 rings (SSSR count). The molecular weight excluding hydrogens is 236 g/mol. The fourth-order valence-corrected chi connectivity index (χ4v) is 1.73. The van der Waals surface area contributed by atoms with Crippen LogP contribution in [0.1, 0.15) is 10.8 Å². The van der Waals surface area contributed by atoms with Gasteiger partial charge in [-0.2, -0.15) is 12.6 Å². The van der Waals surface area contributed by atoms with Crippen molar-refractivity contribution in [3.8, 4) is 0 Å². The molecule has 3 heteroatoms. The number of Topliss-reactive ketones (excluding diaryl/α,β-unsaturated/α-hetero) is 1. The smallest absolute Gasteiger partial charge is 0.160 e. The second kappa shape index (κ2) is 4.67. The van der Waals surface area contributed by atoms with Gasteiger partial charge in [-0.1, -0.05) is 46.3 Å². The first-order chi connectivity index (χ1) is 5.75. The van der Waals surface area contributed by atoms with Crippen molar-refractivity contribution in [2.24, 2.45) is 0 Å². The molecule has 0 saturated heterocycles. The summed E-state index contributed by atoms with van der Waals surface area (Å²) >= 11 is 7.33. The summed E-state index contributed by atoms with van der Waals surface area (Å²) in [6, 6.07) is 9.53. The zero-order valence-electron chi connectivity index (χ0n) is 6.40. The molecule has 1 aromatic carbocycles. The predicted molar refractivity (Wildman–Crippen MR) is 57.0 cm³/mol. The highest BCUT2D eigenvalue weighted by atomic mass is 79.9. The molecule has 0 amide bonds. The summed E-state index contributed by atoms with van der Waals surface area (Å²) in [5.41, 5.74) is 0.949. The minimum Gasteiger partial charge on any atom is -0.297 e. The van der Waals surface area contributed by atoms with Crippen molar-refractivity contribution in [3.63, 3.8) is 0 Å². The van der Waals surface area contributed by atoms with Crippen LogP contribution in [-0.2, 0) is 4.79 Å². The molecule has 1 unspecified atom stereocenters. The highest BCUT2D eigenvalue weighted by Gasteiger charge is 2.13. The van der Waals surface area contributed by atoms with Gasteiger partial charge in [0.15, 0.2) is 5.78 Å².